The number of likely N-dealkylation sites (tertiary alicyclic amines) is 1. The summed E-state index contributed by atoms with van der Waals surface area (Å²) in [7, 11) is 1.54. The number of aromatic nitrogens is 3. The van der Waals surface area contributed by atoms with Crippen LogP contribution in [0.3, 0.4) is 0 Å². The van der Waals surface area contributed by atoms with Crippen molar-refractivity contribution in [1.82, 2.24) is 40.1 Å². The van der Waals surface area contributed by atoms with Crippen molar-refractivity contribution in [2.45, 2.75) is 152 Å². The van der Waals surface area contributed by atoms with E-state index in [0.717, 1.165) is 37.7 Å². The maximum Gasteiger partial charge on any atom is 0.406 e. The number of rotatable bonds is 25. The summed E-state index contributed by atoms with van der Waals surface area (Å²) < 4.78 is 56.8. The zero-order valence-corrected chi connectivity index (χ0v) is 46.4. The molecule has 14 nitrogen and oxygen atoms in total. The van der Waals surface area contributed by atoms with Crippen molar-refractivity contribution in [3.8, 4) is 22.5 Å². The van der Waals surface area contributed by atoms with Crippen LogP contribution in [0, 0.1) is 29.1 Å². The average molecular weight is 1050 g/mol. The van der Waals surface area contributed by atoms with Gasteiger partial charge in [-0.15, -0.1) is 11.3 Å². The summed E-state index contributed by atoms with van der Waals surface area (Å²) in [6.45, 7) is 22.9. The Morgan fingerprint density at radius 2 is 1.81 bits per heavy atom. The van der Waals surface area contributed by atoms with Crippen molar-refractivity contribution in [2.24, 2.45) is 29.1 Å². The van der Waals surface area contributed by atoms with Gasteiger partial charge < -0.3 is 24.3 Å². The zero-order valence-electron chi connectivity index (χ0n) is 45.6. The Hall–Kier alpha value is -4.91. The van der Waals surface area contributed by atoms with Crippen LogP contribution in [0.25, 0.3) is 33.4 Å². The maximum absolute atomic E-state index is 14.8. The van der Waals surface area contributed by atoms with E-state index in [2.05, 4.69) is 29.5 Å². The molecule has 0 saturated carbocycles. The number of pyridine rings is 1. The molecule has 74 heavy (non-hydrogen) atoms. The number of hydrogen-bond acceptors (Lipinski definition) is 11. The molecule has 0 bridgehead atoms. The summed E-state index contributed by atoms with van der Waals surface area (Å²) in [5.74, 6) is 0.186. The molecule has 3 aromatic heterocycles. The monoisotopic (exact) mass is 1050 g/mol. The number of hydrogen-bond donors (Lipinski definition) is 2. The minimum absolute atomic E-state index is 0.0320. The molecule has 2 N–H and O–H groups in total. The van der Waals surface area contributed by atoms with Gasteiger partial charge in [0.2, 0.25) is 11.8 Å². The second kappa shape index (κ2) is 25.8. The number of carbonyl (C=O) groups excluding carboxylic acids is 4. The van der Waals surface area contributed by atoms with E-state index in [4.69, 9.17) is 19.4 Å². The summed E-state index contributed by atoms with van der Waals surface area (Å²) in [6, 6.07) is 5.83. The standard InChI is InChI=1S/C56H81F3N8O6S/c1-12-16-39-24-43(49(60-28-39)38(8)72-11)51-44(27-55(9,10)33-73-34-68)42-25-41(17-18-47(42)66(51)32-56(57,58)59)46-31-74-48(62-46)26-45(54(71)67-21-15-14-20-61-67)63-52(69)50(36(5)6)65-22-19-40(30-65)29-64(13-2)53(70)37(7)23-35(3)4/h17-18,24-25,28,31,34-38,40,45,50,61H,12-16,19-23,26-27,29-30,32-33H2,1-11H3,(H,63,69). The van der Waals surface area contributed by atoms with Crippen molar-refractivity contribution >= 4 is 46.4 Å². The lowest BCUT2D eigenvalue weighted by Gasteiger charge is -2.34. The number of halogens is 3. The van der Waals surface area contributed by atoms with Crippen molar-refractivity contribution in [3.05, 3.63) is 57.7 Å². The van der Waals surface area contributed by atoms with E-state index < -0.39 is 36.3 Å². The Bertz CT molecular complexity index is 2540. The lowest BCUT2D eigenvalue weighted by molar-refractivity contribution is -0.141. The Kier molecular flexibility index (Phi) is 20.3. The van der Waals surface area contributed by atoms with E-state index in [-0.39, 0.29) is 54.9 Å². The van der Waals surface area contributed by atoms with Crippen LogP contribution in [-0.4, -0.2) is 125 Å². The third-order valence-electron chi connectivity index (χ3n) is 14.5. The average Bonchev–Trinajstić information content (AvgIpc) is 4.09. The zero-order chi connectivity index (χ0) is 54.1. The van der Waals surface area contributed by atoms with E-state index in [1.807, 2.05) is 77.8 Å². The third-order valence-corrected chi connectivity index (χ3v) is 15.3. The van der Waals surface area contributed by atoms with Gasteiger partial charge in [-0.3, -0.25) is 34.1 Å². The number of ether oxygens (including phenoxy) is 2. The second-order valence-corrected chi connectivity index (χ2v) is 23.1. The predicted octanol–water partition coefficient (Wildman–Crippen LogP) is 9.82. The highest BCUT2D eigenvalue weighted by Crippen LogP contribution is 2.43. The highest BCUT2D eigenvalue weighted by atomic mass is 32.1. The normalized spacial score (nSPS) is 17.5. The maximum atomic E-state index is 14.8. The predicted molar refractivity (Wildman–Crippen MR) is 285 cm³/mol. The molecule has 0 spiro atoms. The molecular formula is C56H81F3N8O6S. The van der Waals surface area contributed by atoms with E-state index in [1.165, 1.54) is 15.9 Å². The van der Waals surface area contributed by atoms with Crippen molar-refractivity contribution in [1.29, 1.82) is 0 Å². The molecule has 0 radical (unpaired) electrons. The first-order valence-electron chi connectivity index (χ1n) is 26.7. The van der Waals surface area contributed by atoms with Crippen LogP contribution in [0.5, 0.6) is 0 Å². The van der Waals surface area contributed by atoms with Gasteiger partial charge in [0.05, 0.1) is 40.8 Å². The van der Waals surface area contributed by atoms with Crippen LogP contribution >= 0.6 is 11.3 Å². The topological polar surface area (TPSA) is 151 Å². The summed E-state index contributed by atoms with van der Waals surface area (Å²) in [5.41, 5.74) is 7.06. The molecule has 18 heteroatoms. The molecule has 5 atom stereocenters. The van der Waals surface area contributed by atoms with Gasteiger partial charge in [-0.2, -0.15) is 13.2 Å². The minimum Gasteiger partial charge on any atom is -0.467 e. The minimum atomic E-state index is -4.58. The molecule has 2 aliphatic rings. The molecule has 2 fully saturated rings. The summed E-state index contributed by atoms with van der Waals surface area (Å²) >= 11 is 1.35. The van der Waals surface area contributed by atoms with Crippen LogP contribution in [0.4, 0.5) is 13.2 Å². The van der Waals surface area contributed by atoms with E-state index >= 15 is 0 Å². The highest BCUT2D eigenvalue weighted by Gasteiger charge is 2.39. The molecule has 6 rings (SSSR count). The quantitative estimate of drug-likeness (QED) is 0.0614. The van der Waals surface area contributed by atoms with Crippen LogP contribution in [0.2, 0.25) is 0 Å². The molecular weight excluding hydrogens is 970 g/mol. The first-order valence-corrected chi connectivity index (χ1v) is 27.6. The van der Waals surface area contributed by atoms with E-state index in [0.29, 0.717) is 108 Å². The Balaban J connectivity index is 1.35. The molecule has 3 amide bonds. The number of fused-ring (bicyclic) bond motifs is 1. The van der Waals surface area contributed by atoms with Crippen LogP contribution in [-0.2, 0) is 54.5 Å². The molecule has 1 aromatic carbocycles. The van der Waals surface area contributed by atoms with Gasteiger partial charge in [0.1, 0.15) is 12.6 Å². The Labute approximate surface area is 440 Å². The number of nitrogens with one attached hydrogen (secondary N) is 2. The number of aryl methyl sites for hydroxylation is 1. The van der Waals surface area contributed by atoms with Crippen LogP contribution in [0.15, 0.2) is 35.8 Å². The van der Waals surface area contributed by atoms with Crippen LogP contribution in [0.1, 0.15) is 129 Å². The second-order valence-electron chi connectivity index (χ2n) is 22.2. The number of methoxy groups -OCH3 is 1. The molecule has 5 unspecified atom stereocenters. The van der Waals surface area contributed by atoms with Gasteiger partial charge >= 0.3 is 6.18 Å². The Morgan fingerprint density at radius 3 is 2.45 bits per heavy atom. The van der Waals surface area contributed by atoms with Gasteiger partial charge in [-0.05, 0) is 106 Å². The fourth-order valence-corrected chi connectivity index (χ4v) is 11.8. The first-order chi connectivity index (χ1) is 35.1. The highest BCUT2D eigenvalue weighted by molar-refractivity contribution is 7.10. The molecule has 0 aliphatic carbocycles. The molecule has 2 aliphatic heterocycles. The van der Waals surface area contributed by atoms with Gasteiger partial charge in [-0.1, -0.05) is 67.9 Å². The Morgan fingerprint density at radius 1 is 1.05 bits per heavy atom. The van der Waals surface area contributed by atoms with Crippen molar-refractivity contribution < 1.29 is 41.8 Å². The summed E-state index contributed by atoms with van der Waals surface area (Å²) in [5, 5.41) is 7.84. The van der Waals surface area contributed by atoms with Gasteiger partial charge in [0.25, 0.3) is 12.4 Å². The number of nitrogens with zero attached hydrogens (tertiary/aromatic N) is 6. The summed E-state index contributed by atoms with van der Waals surface area (Å²) in [4.78, 5) is 67.9. The molecule has 2 saturated heterocycles. The van der Waals surface area contributed by atoms with Crippen molar-refractivity contribution in [2.75, 3.05) is 53.0 Å². The number of thiazole rings is 1. The number of benzene rings is 1. The third kappa shape index (κ3) is 14.7. The van der Waals surface area contributed by atoms with Crippen molar-refractivity contribution in [3.63, 3.8) is 0 Å². The molecule has 5 heterocycles. The number of hydrazine groups is 1. The fourth-order valence-electron chi connectivity index (χ4n) is 11.0. The SMILES string of the molecule is CCCc1cnc(C(C)OC)c(-c2c(CC(C)(C)COC=O)c3cc(-c4csc(CC(NC(=O)C(C(C)C)N5CCC(CN(CC)C(=O)C(C)CC(C)C)C5)C(=O)N5CCCCN5)n4)ccc3n2CC(F)(F)F)c1. The largest absolute Gasteiger partial charge is 0.467 e. The smallest absolute Gasteiger partial charge is 0.406 e. The first kappa shape index (κ1) is 58.4. The van der Waals surface area contributed by atoms with Gasteiger partial charge in [-0.25, -0.2) is 10.4 Å². The number of amides is 3. The number of carbonyl (C=O) groups is 4. The van der Waals surface area contributed by atoms with Crippen LogP contribution < -0.4 is 10.7 Å². The fraction of sp³-hybridized carbons (Fsp3) is 0.643. The van der Waals surface area contributed by atoms with Gasteiger partial charge in [0.15, 0.2) is 0 Å². The lowest BCUT2D eigenvalue weighted by Crippen LogP contribution is -2.59. The summed E-state index contributed by atoms with van der Waals surface area (Å²) in [6.07, 6.45) is 1.92. The lowest BCUT2D eigenvalue weighted by atomic mass is 9.84. The molecule has 408 valence electrons. The van der Waals surface area contributed by atoms with E-state index in [9.17, 15) is 32.3 Å². The van der Waals surface area contributed by atoms with E-state index in [1.54, 1.807) is 30.4 Å². The van der Waals surface area contributed by atoms with Gasteiger partial charge in [0, 0.05) is 91.2 Å². The number of alkyl halides is 3. The molecule has 4 aromatic rings.